The summed E-state index contributed by atoms with van der Waals surface area (Å²) in [7, 11) is 1.60. The van der Waals surface area contributed by atoms with Gasteiger partial charge in [0.15, 0.2) is 0 Å². The minimum absolute atomic E-state index is 0.535. The van der Waals surface area contributed by atoms with Crippen molar-refractivity contribution < 1.29 is 4.74 Å². The number of fused-ring (bicyclic) bond motifs is 1. The van der Waals surface area contributed by atoms with E-state index in [2.05, 4.69) is 40.3 Å². The van der Waals surface area contributed by atoms with Gasteiger partial charge in [0.25, 0.3) is 6.01 Å². The fraction of sp³-hybridized carbons (Fsp3) is 0.0714. The van der Waals surface area contributed by atoms with Gasteiger partial charge in [0, 0.05) is 5.56 Å². The van der Waals surface area contributed by atoms with Crippen molar-refractivity contribution in [3.63, 3.8) is 0 Å². The molecule has 0 radical (unpaired) electrons. The van der Waals surface area contributed by atoms with E-state index >= 15 is 0 Å². The molecule has 3 nitrogen and oxygen atoms in total. The SMILES string of the molecule is COc1ncc(-c2ccc3ccccc3c2)[nH]1. The van der Waals surface area contributed by atoms with Crippen LogP contribution in [0.5, 0.6) is 6.01 Å². The predicted molar refractivity (Wildman–Crippen MR) is 68.1 cm³/mol. The van der Waals surface area contributed by atoms with Gasteiger partial charge >= 0.3 is 0 Å². The molecule has 0 fully saturated rings. The fourth-order valence-corrected chi connectivity index (χ4v) is 1.91. The van der Waals surface area contributed by atoms with Gasteiger partial charge in [0.2, 0.25) is 0 Å². The molecule has 0 aliphatic carbocycles. The van der Waals surface area contributed by atoms with Crippen molar-refractivity contribution >= 4 is 10.8 Å². The summed E-state index contributed by atoms with van der Waals surface area (Å²) < 4.78 is 5.04. The summed E-state index contributed by atoms with van der Waals surface area (Å²) in [6.07, 6.45) is 1.78. The molecule has 1 heterocycles. The Labute approximate surface area is 99.1 Å². The zero-order chi connectivity index (χ0) is 11.7. The average Bonchev–Trinajstić information content (AvgIpc) is 2.87. The number of rotatable bonds is 2. The zero-order valence-electron chi connectivity index (χ0n) is 9.47. The van der Waals surface area contributed by atoms with Gasteiger partial charge in [-0.2, -0.15) is 0 Å². The van der Waals surface area contributed by atoms with Crippen LogP contribution in [0.3, 0.4) is 0 Å². The lowest BCUT2D eigenvalue weighted by molar-refractivity contribution is 0.384. The highest BCUT2D eigenvalue weighted by atomic mass is 16.5. The molecule has 0 saturated heterocycles. The van der Waals surface area contributed by atoms with Crippen LogP contribution < -0.4 is 4.74 Å². The molecule has 0 amide bonds. The van der Waals surface area contributed by atoms with Crippen molar-refractivity contribution in [3.05, 3.63) is 48.7 Å². The van der Waals surface area contributed by atoms with Gasteiger partial charge in [-0.25, -0.2) is 4.98 Å². The van der Waals surface area contributed by atoms with Gasteiger partial charge in [-0.1, -0.05) is 36.4 Å². The fourth-order valence-electron chi connectivity index (χ4n) is 1.91. The van der Waals surface area contributed by atoms with Crippen molar-refractivity contribution in [3.8, 4) is 17.3 Å². The zero-order valence-corrected chi connectivity index (χ0v) is 9.47. The predicted octanol–water partition coefficient (Wildman–Crippen LogP) is 3.24. The van der Waals surface area contributed by atoms with E-state index in [1.165, 1.54) is 10.8 Å². The molecule has 0 bridgehead atoms. The maximum absolute atomic E-state index is 5.04. The number of ether oxygens (including phenoxy) is 1. The second-order valence-electron chi connectivity index (χ2n) is 3.87. The van der Waals surface area contributed by atoms with Crippen molar-refractivity contribution in [1.82, 2.24) is 9.97 Å². The van der Waals surface area contributed by atoms with Gasteiger partial charge in [0.05, 0.1) is 19.0 Å². The van der Waals surface area contributed by atoms with Crippen LogP contribution in [-0.4, -0.2) is 17.1 Å². The number of nitrogens with zero attached hydrogens (tertiary/aromatic N) is 1. The maximum Gasteiger partial charge on any atom is 0.293 e. The molecule has 0 aliphatic rings. The summed E-state index contributed by atoms with van der Waals surface area (Å²) in [6.45, 7) is 0. The number of aromatic nitrogens is 2. The Hall–Kier alpha value is -2.29. The number of aromatic amines is 1. The quantitative estimate of drug-likeness (QED) is 0.725. The van der Waals surface area contributed by atoms with E-state index in [9.17, 15) is 0 Å². The van der Waals surface area contributed by atoms with E-state index in [0.29, 0.717) is 6.01 Å². The highest BCUT2D eigenvalue weighted by Gasteiger charge is 2.03. The Kier molecular flexibility index (Phi) is 2.29. The van der Waals surface area contributed by atoms with Crippen molar-refractivity contribution in [2.45, 2.75) is 0 Å². The van der Waals surface area contributed by atoms with Crippen LogP contribution in [0, 0.1) is 0 Å². The topological polar surface area (TPSA) is 37.9 Å². The molecule has 0 unspecified atom stereocenters. The maximum atomic E-state index is 5.04. The van der Waals surface area contributed by atoms with Crippen LogP contribution >= 0.6 is 0 Å². The molecule has 0 aliphatic heterocycles. The number of hydrogen-bond acceptors (Lipinski definition) is 2. The first kappa shape index (κ1) is 9.90. The number of imidazole rings is 1. The summed E-state index contributed by atoms with van der Waals surface area (Å²) in [5, 5.41) is 2.46. The Morgan fingerprint density at radius 1 is 1.06 bits per heavy atom. The van der Waals surface area contributed by atoms with Gasteiger partial charge < -0.3 is 9.72 Å². The van der Waals surface area contributed by atoms with Gasteiger partial charge in [-0.3, -0.25) is 0 Å². The van der Waals surface area contributed by atoms with Crippen molar-refractivity contribution in [2.75, 3.05) is 7.11 Å². The van der Waals surface area contributed by atoms with Gasteiger partial charge in [0.1, 0.15) is 0 Å². The normalized spacial score (nSPS) is 10.6. The van der Waals surface area contributed by atoms with Crippen LogP contribution in [0.2, 0.25) is 0 Å². The Morgan fingerprint density at radius 3 is 2.65 bits per heavy atom. The lowest BCUT2D eigenvalue weighted by Gasteiger charge is -2.01. The smallest absolute Gasteiger partial charge is 0.293 e. The standard InChI is InChI=1S/C14H12N2O/c1-17-14-15-9-13(16-14)12-7-6-10-4-2-3-5-11(10)8-12/h2-9H,1H3,(H,15,16). The molecule has 0 spiro atoms. The van der Waals surface area contributed by atoms with E-state index in [4.69, 9.17) is 4.74 Å². The van der Waals surface area contributed by atoms with Crippen molar-refractivity contribution in [1.29, 1.82) is 0 Å². The molecular weight excluding hydrogens is 212 g/mol. The van der Waals surface area contributed by atoms with E-state index in [1.807, 2.05) is 12.1 Å². The molecule has 0 atom stereocenters. The Balaban J connectivity index is 2.11. The molecule has 0 saturated carbocycles. The summed E-state index contributed by atoms with van der Waals surface area (Å²) in [6, 6.07) is 15.2. The number of hydrogen-bond donors (Lipinski definition) is 1. The minimum atomic E-state index is 0.535. The first-order chi connectivity index (χ1) is 8.36. The Morgan fingerprint density at radius 2 is 1.88 bits per heavy atom. The molecule has 84 valence electrons. The Bertz CT molecular complexity index is 658. The summed E-state index contributed by atoms with van der Waals surface area (Å²) in [5.41, 5.74) is 2.08. The first-order valence-corrected chi connectivity index (χ1v) is 5.45. The van der Waals surface area contributed by atoms with Crippen LogP contribution in [0.1, 0.15) is 0 Å². The monoisotopic (exact) mass is 224 g/mol. The third-order valence-electron chi connectivity index (χ3n) is 2.81. The molecule has 2 aromatic carbocycles. The van der Waals surface area contributed by atoms with Crippen molar-refractivity contribution in [2.24, 2.45) is 0 Å². The highest BCUT2D eigenvalue weighted by molar-refractivity contribution is 5.86. The van der Waals surface area contributed by atoms with Crippen LogP contribution in [0.25, 0.3) is 22.0 Å². The summed E-state index contributed by atoms with van der Waals surface area (Å²) >= 11 is 0. The highest BCUT2D eigenvalue weighted by Crippen LogP contribution is 2.24. The second-order valence-corrected chi connectivity index (χ2v) is 3.87. The molecule has 1 N–H and O–H groups in total. The van der Waals surface area contributed by atoms with Crippen LogP contribution in [0.4, 0.5) is 0 Å². The number of nitrogens with one attached hydrogen (secondary N) is 1. The third kappa shape index (κ3) is 1.76. The molecule has 3 rings (SSSR count). The lowest BCUT2D eigenvalue weighted by Crippen LogP contribution is -1.84. The second kappa shape index (κ2) is 3.94. The average molecular weight is 224 g/mol. The van der Waals surface area contributed by atoms with Gasteiger partial charge in [-0.05, 0) is 16.8 Å². The van der Waals surface area contributed by atoms with Crippen LogP contribution in [-0.2, 0) is 0 Å². The molecular formula is C14H12N2O. The molecule has 3 heteroatoms. The number of benzene rings is 2. The lowest BCUT2D eigenvalue weighted by atomic mass is 10.1. The number of H-pyrrole nitrogens is 1. The minimum Gasteiger partial charge on any atom is -0.468 e. The summed E-state index contributed by atoms with van der Waals surface area (Å²) in [4.78, 5) is 7.22. The molecule has 17 heavy (non-hydrogen) atoms. The van der Waals surface area contributed by atoms with Gasteiger partial charge in [-0.15, -0.1) is 0 Å². The van der Waals surface area contributed by atoms with Crippen LogP contribution in [0.15, 0.2) is 48.7 Å². The summed E-state index contributed by atoms with van der Waals surface area (Å²) in [5.74, 6) is 0. The largest absolute Gasteiger partial charge is 0.468 e. The van der Waals surface area contributed by atoms with E-state index in [0.717, 1.165) is 11.3 Å². The molecule has 3 aromatic rings. The first-order valence-electron chi connectivity index (χ1n) is 5.45. The molecule has 1 aromatic heterocycles. The van der Waals surface area contributed by atoms with E-state index < -0.39 is 0 Å². The van der Waals surface area contributed by atoms with E-state index in [1.54, 1.807) is 13.3 Å². The van der Waals surface area contributed by atoms with E-state index in [-0.39, 0.29) is 0 Å². The number of methoxy groups -OCH3 is 1. The third-order valence-corrected chi connectivity index (χ3v) is 2.81.